The Morgan fingerprint density at radius 3 is 2.22 bits per heavy atom. The molecule has 0 bridgehead atoms. The smallest absolute Gasteiger partial charge is 0.257 e. The van der Waals surface area contributed by atoms with Gasteiger partial charge >= 0.3 is 0 Å². The Balaban J connectivity index is 2.02. The van der Waals surface area contributed by atoms with Gasteiger partial charge in [0.2, 0.25) is 0 Å². The third-order valence-electron chi connectivity index (χ3n) is 4.27. The van der Waals surface area contributed by atoms with Crippen molar-refractivity contribution < 1.29 is 22.7 Å². The highest BCUT2D eigenvalue weighted by Crippen LogP contribution is 2.34. The number of sulfone groups is 1. The molecule has 2 heterocycles. The van der Waals surface area contributed by atoms with Crippen molar-refractivity contribution >= 4 is 21.6 Å². The highest BCUT2D eigenvalue weighted by atomic mass is 32.2. The molecule has 146 valence electrons. The maximum Gasteiger partial charge on any atom is 0.257 e. The number of amides is 1. The second-order valence-electron chi connectivity index (χ2n) is 7.44. The summed E-state index contributed by atoms with van der Waals surface area (Å²) in [4.78, 5) is 12.9. The van der Waals surface area contributed by atoms with Gasteiger partial charge in [-0.1, -0.05) is 0 Å². The molecule has 0 spiro atoms. The minimum atomic E-state index is -3.24. The summed E-state index contributed by atoms with van der Waals surface area (Å²) in [6.07, 6.45) is 0. The summed E-state index contributed by atoms with van der Waals surface area (Å²) in [5.41, 5.74) is 0.946. The molecule has 0 atom stereocenters. The molecule has 27 heavy (non-hydrogen) atoms. The average molecular weight is 393 g/mol. The SMILES string of the molecule is COc1cc(OC)cc(C(=O)Nc2c3c(nn2C(C)(C)C)CS(=O)(=O)C3)c1. The van der Waals surface area contributed by atoms with E-state index in [0.29, 0.717) is 34.1 Å². The Hall–Kier alpha value is -2.55. The van der Waals surface area contributed by atoms with Crippen LogP contribution in [0.25, 0.3) is 0 Å². The molecule has 1 N–H and O–H groups in total. The van der Waals surface area contributed by atoms with Gasteiger partial charge in [0.25, 0.3) is 5.91 Å². The number of carbonyl (C=O) groups is 1. The van der Waals surface area contributed by atoms with Gasteiger partial charge in [0, 0.05) is 17.2 Å². The fourth-order valence-corrected chi connectivity index (χ4v) is 4.47. The lowest BCUT2D eigenvalue weighted by Gasteiger charge is -2.23. The molecule has 1 aliphatic rings. The standard InChI is InChI=1S/C18H23N3O5S/c1-18(2,3)21-16(14-9-27(23,24)10-15(14)20-21)19-17(22)11-6-12(25-4)8-13(7-11)26-5/h6-8H,9-10H2,1-5H3,(H,19,22). The van der Waals surface area contributed by atoms with Crippen molar-refractivity contribution in [2.24, 2.45) is 0 Å². The number of nitrogens with zero attached hydrogens (tertiary/aromatic N) is 2. The van der Waals surface area contributed by atoms with Crippen molar-refractivity contribution in [1.82, 2.24) is 9.78 Å². The molecule has 2 aromatic rings. The second kappa shape index (κ2) is 6.56. The molecule has 9 heteroatoms. The second-order valence-corrected chi connectivity index (χ2v) is 9.51. The number of hydrogen-bond donors (Lipinski definition) is 1. The molecule has 0 saturated heterocycles. The van der Waals surface area contributed by atoms with Crippen molar-refractivity contribution in [1.29, 1.82) is 0 Å². The van der Waals surface area contributed by atoms with Gasteiger partial charge in [-0.25, -0.2) is 13.1 Å². The van der Waals surface area contributed by atoms with Gasteiger partial charge in [0.15, 0.2) is 9.84 Å². The Labute approximate surface area is 158 Å². The van der Waals surface area contributed by atoms with E-state index in [0.717, 1.165) is 0 Å². The average Bonchev–Trinajstić information content (AvgIpc) is 3.06. The van der Waals surface area contributed by atoms with E-state index >= 15 is 0 Å². The zero-order chi connectivity index (χ0) is 20.0. The Kier molecular flexibility index (Phi) is 4.67. The lowest BCUT2D eigenvalue weighted by atomic mass is 10.1. The topological polar surface area (TPSA) is 99.5 Å². The predicted octanol–water partition coefficient (Wildman–Crippen LogP) is 2.34. The third kappa shape index (κ3) is 3.78. The van der Waals surface area contributed by atoms with Crippen LogP contribution in [0.3, 0.4) is 0 Å². The highest BCUT2D eigenvalue weighted by Gasteiger charge is 2.35. The lowest BCUT2D eigenvalue weighted by molar-refractivity contribution is 0.102. The Bertz CT molecular complexity index is 980. The Morgan fingerprint density at radius 1 is 1.11 bits per heavy atom. The van der Waals surface area contributed by atoms with Crippen LogP contribution in [0.15, 0.2) is 18.2 Å². The lowest BCUT2D eigenvalue weighted by Crippen LogP contribution is -2.27. The number of hydrogen-bond acceptors (Lipinski definition) is 6. The summed E-state index contributed by atoms with van der Waals surface area (Å²) < 4.78 is 36.1. The van der Waals surface area contributed by atoms with Crippen LogP contribution in [-0.4, -0.2) is 38.3 Å². The number of rotatable bonds is 4. The summed E-state index contributed by atoms with van der Waals surface area (Å²) in [6.45, 7) is 5.82. The first-order valence-electron chi connectivity index (χ1n) is 8.40. The normalized spacial score (nSPS) is 15.3. The van der Waals surface area contributed by atoms with Crippen LogP contribution >= 0.6 is 0 Å². The predicted molar refractivity (Wildman–Crippen MR) is 101 cm³/mol. The van der Waals surface area contributed by atoms with E-state index in [2.05, 4.69) is 10.4 Å². The van der Waals surface area contributed by atoms with E-state index in [1.807, 2.05) is 20.8 Å². The van der Waals surface area contributed by atoms with Crippen LogP contribution in [0.5, 0.6) is 11.5 Å². The van der Waals surface area contributed by atoms with Gasteiger partial charge in [-0.2, -0.15) is 5.10 Å². The molecular weight excluding hydrogens is 370 g/mol. The van der Waals surface area contributed by atoms with Gasteiger partial charge in [0.05, 0.1) is 37.0 Å². The number of fused-ring (bicyclic) bond motifs is 1. The van der Waals surface area contributed by atoms with E-state index in [4.69, 9.17) is 9.47 Å². The summed E-state index contributed by atoms with van der Waals surface area (Å²) in [5.74, 6) is 0.736. The number of aromatic nitrogens is 2. The molecule has 3 rings (SSSR count). The van der Waals surface area contributed by atoms with Crippen molar-refractivity contribution in [3.8, 4) is 11.5 Å². The number of nitrogens with one attached hydrogen (secondary N) is 1. The molecule has 0 radical (unpaired) electrons. The van der Waals surface area contributed by atoms with Crippen molar-refractivity contribution in [3.63, 3.8) is 0 Å². The first kappa shape index (κ1) is 19.2. The van der Waals surface area contributed by atoms with Crippen LogP contribution in [-0.2, 0) is 26.9 Å². The number of anilines is 1. The first-order chi connectivity index (χ1) is 12.5. The maximum atomic E-state index is 12.9. The quantitative estimate of drug-likeness (QED) is 0.856. The fraction of sp³-hybridized carbons (Fsp3) is 0.444. The zero-order valence-corrected chi connectivity index (χ0v) is 16.8. The maximum absolute atomic E-state index is 12.9. The van der Waals surface area contributed by atoms with E-state index in [9.17, 15) is 13.2 Å². The molecule has 1 aromatic heterocycles. The molecule has 1 amide bonds. The molecule has 1 aromatic carbocycles. The van der Waals surface area contributed by atoms with Crippen LogP contribution in [0, 0.1) is 0 Å². The Morgan fingerprint density at radius 2 is 1.70 bits per heavy atom. The third-order valence-corrected chi connectivity index (χ3v) is 5.71. The van der Waals surface area contributed by atoms with Gasteiger partial charge in [-0.3, -0.25) is 4.79 Å². The zero-order valence-electron chi connectivity index (χ0n) is 16.0. The molecule has 0 unspecified atom stereocenters. The minimum Gasteiger partial charge on any atom is -0.497 e. The molecular formula is C18H23N3O5S. The van der Waals surface area contributed by atoms with Crippen LogP contribution < -0.4 is 14.8 Å². The van der Waals surface area contributed by atoms with Crippen molar-refractivity contribution in [3.05, 3.63) is 35.0 Å². The van der Waals surface area contributed by atoms with Crippen molar-refractivity contribution in [2.45, 2.75) is 37.8 Å². The van der Waals surface area contributed by atoms with Crippen LogP contribution in [0.1, 0.15) is 42.4 Å². The number of ether oxygens (including phenoxy) is 2. The number of methoxy groups -OCH3 is 2. The van der Waals surface area contributed by atoms with Gasteiger partial charge in [-0.05, 0) is 32.9 Å². The number of carbonyl (C=O) groups excluding carboxylic acids is 1. The fourth-order valence-electron chi connectivity index (χ4n) is 2.97. The largest absolute Gasteiger partial charge is 0.497 e. The van der Waals surface area contributed by atoms with E-state index in [-0.39, 0.29) is 11.5 Å². The monoisotopic (exact) mass is 393 g/mol. The molecule has 8 nitrogen and oxygen atoms in total. The first-order valence-corrected chi connectivity index (χ1v) is 10.2. The minimum absolute atomic E-state index is 0.110. The van der Waals surface area contributed by atoms with E-state index in [1.54, 1.807) is 22.9 Å². The number of benzene rings is 1. The van der Waals surface area contributed by atoms with Gasteiger partial charge in [-0.15, -0.1) is 0 Å². The van der Waals surface area contributed by atoms with Crippen LogP contribution in [0.4, 0.5) is 5.82 Å². The summed E-state index contributed by atoms with van der Waals surface area (Å²) >= 11 is 0. The molecule has 0 aliphatic carbocycles. The van der Waals surface area contributed by atoms with Gasteiger partial charge < -0.3 is 14.8 Å². The van der Waals surface area contributed by atoms with Crippen molar-refractivity contribution in [2.75, 3.05) is 19.5 Å². The summed E-state index contributed by atoms with van der Waals surface area (Å²) in [6, 6.07) is 4.85. The summed E-state index contributed by atoms with van der Waals surface area (Å²) in [5, 5.41) is 7.29. The highest BCUT2D eigenvalue weighted by molar-refractivity contribution is 7.90. The summed E-state index contributed by atoms with van der Waals surface area (Å²) in [7, 11) is -0.230. The molecule has 0 fully saturated rings. The molecule has 0 saturated carbocycles. The van der Waals surface area contributed by atoms with E-state index < -0.39 is 21.3 Å². The van der Waals surface area contributed by atoms with Crippen LogP contribution in [0.2, 0.25) is 0 Å². The van der Waals surface area contributed by atoms with Gasteiger partial charge in [0.1, 0.15) is 17.3 Å². The van der Waals surface area contributed by atoms with E-state index in [1.165, 1.54) is 14.2 Å². The molecule has 1 aliphatic heterocycles.